The minimum absolute atomic E-state index is 0.150. The molecule has 54 valence electrons. The molecule has 0 spiro atoms. The SMILES string of the molecule is CCc1cc(F)ccc1P. The smallest absolute Gasteiger partial charge is 0.123 e. The van der Waals surface area contributed by atoms with Crippen molar-refractivity contribution in [3.05, 3.63) is 29.6 Å². The van der Waals surface area contributed by atoms with E-state index in [2.05, 4.69) is 9.24 Å². The van der Waals surface area contributed by atoms with Crippen LogP contribution < -0.4 is 5.30 Å². The molecule has 0 nitrogen and oxygen atoms in total. The van der Waals surface area contributed by atoms with Crippen molar-refractivity contribution in [2.24, 2.45) is 0 Å². The second-order valence-corrected chi connectivity index (χ2v) is 2.82. The van der Waals surface area contributed by atoms with Crippen molar-refractivity contribution in [3.8, 4) is 0 Å². The predicted octanol–water partition coefficient (Wildman–Crippen LogP) is 1.89. The third-order valence-corrected chi connectivity index (χ3v) is 2.05. The summed E-state index contributed by atoms with van der Waals surface area (Å²) >= 11 is 0. The van der Waals surface area contributed by atoms with Crippen molar-refractivity contribution in [2.45, 2.75) is 13.3 Å². The van der Waals surface area contributed by atoms with E-state index >= 15 is 0 Å². The first-order chi connectivity index (χ1) is 4.74. The summed E-state index contributed by atoms with van der Waals surface area (Å²) in [5.41, 5.74) is 1.06. The van der Waals surface area contributed by atoms with Crippen molar-refractivity contribution >= 4 is 14.5 Å². The normalized spacial score (nSPS) is 9.90. The van der Waals surface area contributed by atoms with E-state index in [1.165, 1.54) is 6.07 Å². The first kappa shape index (κ1) is 7.68. The summed E-state index contributed by atoms with van der Waals surface area (Å²) in [6.07, 6.45) is 0.886. The quantitative estimate of drug-likeness (QED) is 0.544. The lowest BCUT2D eigenvalue weighted by atomic mass is 10.2. The van der Waals surface area contributed by atoms with E-state index in [0.717, 1.165) is 17.3 Å². The lowest BCUT2D eigenvalue weighted by Crippen LogP contribution is -1.99. The third-order valence-electron chi connectivity index (χ3n) is 1.49. The van der Waals surface area contributed by atoms with Gasteiger partial charge in [0.05, 0.1) is 0 Å². The van der Waals surface area contributed by atoms with Crippen LogP contribution in [-0.4, -0.2) is 0 Å². The molecule has 0 N–H and O–H groups in total. The topological polar surface area (TPSA) is 0 Å². The molecule has 1 aromatic rings. The molecule has 1 aromatic carbocycles. The van der Waals surface area contributed by atoms with Gasteiger partial charge in [0, 0.05) is 0 Å². The van der Waals surface area contributed by atoms with Crippen LogP contribution in [-0.2, 0) is 6.42 Å². The molecule has 0 aromatic heterocycles. The van der Waals surface area contributed by atoms with Gasteiger partial charge in [-0.25, -0.2) is 4.39 Å². The van der Waals surface area contributed by atoms with Crippen LogP contribution in [0.3, 0.4) is 0 Å². The second-order valence-electron chi connectivity index (χ2n) is 2.20. The molecule has 0 bridgehead atoms. The molecular formula is C8H10FP. The van der Waals surface area contributed by atoms with Gasteiger partial charge in [-0.2, -0.15) is 0 Å². The Hall–Kier alpha value is -0.420. The summed E-state index contributed by atoms with van der Waals surface area (Å²) in [5, 5.41) is 1.09. The van der Waals surface area contributed by atoms with Gasteiger partial charge in [-0.1, -0.05) is 13.0 Å². The molecule has 2 heteroatoms. The zero-order chi connectivity index (χ0) is 7.56. The highest BCUT2D eigenvalue weighted by Crippen LogP contribution is 2.04. The fourth-order valence-electron chi connectivity index (χ4n) is 0.881. The van der Waals surface area contributed by atoms with Crippen LogP contribution >= 0.6 is 9.24 Å². The van der Waals surface area contributed by atoms with Crippen molar-refractivity contribution in [2.75, 3.05) is 0 Å². The monoisotopic (exact) mass is 156 g/mol. The lowest BCUT2D eigenvalue weighted by Gasteiger charge is -2.00. The molecule has 10 heavy (non-hydrogen) atoms. The van der Waals surface area contributed by atoms with Gasteiger partial charge >= 0.3 is 0 Å². The Morgan fingerprint density at radius 3 is 2.70 bits per heavy atom. The summed E-state index contributed by atoms with van der Waals surface area (Å²) in [5.74, 6) is -0.150. The molecule has 0 aliphatic carbocycles. The number of halogens is 1. The number of hydrogen-bond acceptors (Lipinski definition) is 0. The molecule has 0 saturated heterocycles. The van der Waals surface area contributed by atoms with Gasteiger partial charge in [-0.05, 0) is 29.4 Å². The summed E-state index contributed by atoms with van der Waals surface area (Å²) in [6.45, 7) is 2.02. The Bertz CT molecular complexity index is 233. The highest BCUT2D eigenvalue weighted by molar-refractivity contribution is 7.27. The Morgan fingerprint density at radius 2 is 2.20 bits per heavy atom. The fourth-order valence-corrected chi connectivity index (χ4v) is 1.26. The maximum absolute atomic E-state index is 12.5. The van der Waals surface area contributed by atoms with Gasteiger partial charge in [-0.15, -0.1) is 9.24 Å². The molecule has 0 heterocycles. The average molecular weight is 156 g/mol. The van der Waals surface area contributed by atoms with Crippen molar-refractivity contribution in [1.82, 2.24) is 0 Å². The van der Waals surface area contributed by atoms with Gasteiger partial charge < -0.3 is 0 Å². The predicted molar refractivity (Wildman–Crippen MR) is 45.1 cm³/mol. The minimum atomic E-state index is -0.150. The molecular weight excluding hydrogens is 146 g/mol. The van der Waals surface area contributed by atoms with Crippen LogP contribution in [0, 0.1) is 5.82 Å². The highest BCUT2D eigenvalue weighted by Gasteiger charge is 1.95. The molecule has 0 saturated carbocycles. The third kappa shape index (κ3) is 1.54. The Balaban J connectivity index is 3.09. The van der Waals surface area contributed by atoms with Gasteiger partial charge in [0.2, 0.25) is 0 Å². The number of aryl methyl sites for hydroxylation is 1. The van der Waals surface area contributed by atoms with E-state index in [-0.39, 0.29) is 5.82 Å². The first-order valence-electron chi connectivity index (χ1n) is 3.28. The van der Waals surface area contributed by atoms with E-state index in [9.17, 15) is 4.39 Å². The standard InChI is InChI=1S/C8H10FP/c1-2-6-5-7(9)3-4-8(6)10/h3-5H,2,10H2,1H3. The Morgan fingerprint density at radius 1 is 1.50 bits per heavy atom. The zero-order valence-corrected chi connectivity index (χ0v) is 7.05. The van der Waals surface area contributed by atoms with Crippen molar-refractivity contribution in [3.63, 3.8) is 0 Å². The van der Waals surface area contributed by atoms with Gasteiger partial charge in [0.15, 0.2) is 0 Å². The average Bonchev–Trinajstić information content (AvgIpc) is 1.94. The van der Waals surface area contributed by atoms with Gasteiger partial charge in [-0.3, -0.25) is 0 Å². The van der Waals surface area contributed by atoms with Crippen molar-refractivity contribution < 1.29 is 4.39 Å². The maximum Gasteiger partial charge on any atom is 0.123 e. The zero-order valence-electron chi connectivity index (χ0n) is 5.89. The molecule has 0 aliphatic heterocycles. The lowest BCUT2D eigenvalue weighted by molar-refractivity contribution is 0.626. The van der Waals surface area contributed by atoms with Crippen molar-refractivity contribution in [1.29, 1.82) is 0 Å². The first-order valence-corrected chi connectivity index (χ1v) is 3.85. The van der Waals surface area contributed by atoms with Crippen LogP contribution in [0.5, 0.6) is 0 Å². The van der Waals surface area contributed by atoms with Crippen LogP contribution in [0.4, 0.5) is 4.39 Å². The molecule has 0 aliphatic rings. The molecule has 0 radical (unpaired) electrons. The Kier molecular flexibility index (Phi) is 2.39. The van der Waals surface area contributed by atoms with Crippen LogP contribution in [0.1, 0.15) is 12.5 Å². The van der Waals surface area contributed by atoms with Crippen LogP contribution in [0.25, 0.3) is 0 Å². The summed E-state index contributed by atoms with van der Waals surface area (Å²) in [6, 6.07) is 4.82. The molecule has 0 amide bonds. The number of hydrogen-bond donors (Lipinski definition) is 0. The molecule has 0 fully saturated rings. The second kappa shape index (κ2) is 3.12. The molecule has 1 atom stereocenters. The van der Waals surface area contributed by atoms with Crippen LogP contribution in [0.15, 0.2) is 18.2 Å². The van der Waals surface area contributed by atoms with Crippen LogP contribution in [0.2, 0.25) is 0 Å². The summed E-state index contributed by atoms with van der Waals surface area (Å²) in [7, 11) is 2.59. The minimum Gasteiger partial charge on any atom is -0.207 e. The Labute approximate surface area is 62.7 Å². The number of rotatable bonds is 1. The number of benzene rings is 1. The molecule has 1 unspecified atom stereocenters. The fraction of sp³-hybridized carbons (Fsp3) is 0.250. The maximum atomic E-state index is 12.5. The largest absolute Gasteiger partial charge is 0.207 e. The summed E-state index contributed by atoms with van der Waals surface area (Å²) < 4.78 is 12.5. The van der Waals surface area contributed by atoms with E-state index in [0.29, 0.717) is 0 Å². The van der Waals surface area contributed by atoms with E-state index in [4.69, 9.17) is 0 Å². The van der Waals surface area contributed by atoms with E-state index < -0.39 is 0 Å². The highest BCUT2D eigenvalue weighted by atomic mass is 31.0. The van der Waals surface area contributed by atoms with E-state index in [1.54, 1.807) is 12.1 Å². The summed E-state index contributed by atoms with van der Waals surface area (Å²) in [4.78, 5) is 0. The molecule has 1 rings (SSSR count). The van der Waals surface area contributed by atoms with E-state index in [1.807, 2.05) is 6.92 Å². The van der Waals surface area contributed by atoms with Gasteiger partial charge in [0.25, 0.3) is 0 Å². The van der Waals surface area contributed by atoms with Gasteiger partial charge in [0.1, 0.15) is 5.82 Å².